The van der Waals surface area contributed by atoms with Crippen LogP contribution in [0.5, 0.6) is 5.75 Å². The smallest absolute Gasteiger partial charge is 0.203 e. The van der Waals surface area contributed by atoms with E-state index >= 15 is 0 Å². The topological polar surface area (TPSA) is 50.4 Å². The van der Waals surface area contributed by atoms with E-state index in [9.17, 15) is 14.3 Å². The molecule has 2 aromatic carbocycles. The number of halogens is 2. The molecule has 1 aromatic heterocycles. The Morgan fingerprint density at radius 3 is 2.78 bits per heavy atom. The summed E-state index contributed by atoms with van der Waals surface area (Å²) in [7, 11) is 0. The lowest BCUT2D eigenvalue weighted by Gasteiger charge is -2.04. The Morgan fingerprint density at radius 1 is 1.22 bits per heavy atom. The van der Waals surface area contributed by atoms with E-state index in [1.807, 2.05) is 0 Å². The summed E-state index contributed by atoms with van der Waals surface area (Å²) in [4.78, 5) is 12.1. The molecule has 3 aromatic rings. The third-order valence-corrected chi connectivity index (χ3v) is 3.10. The Labute approximate surface area is 105 Å². The second kappa shape index (κ2) is 3.71. The predicted molar refractivity (Wildman–Crippen MR) is 66.6 cm³/mol. The van der Waals surface area contributed by atoms with E-state index in [2.05, 4.69) is 0 Å². The largest absolute Gasteiger partial charge is 0.506 e. The number of hydrogen-bond acceptors (Lipinski definition) is 3. The fraction of sp³-hybridized carbons (Fsp3) is 0. The van der Waals surface area contributed by atoms with Gasteiger partial charge in [0, 0.05) is 0 Å². The zero-order valence-corrected chi connectivity index (χ0v) is 9.66. The van der Waals surface area contributed by atoms with Gasteiger partial charge in [0.2, 0.25) is 5.43 Å². The van der Waals surface area contributed by atoms with Crippen molar-refractivity contribution in [3.05, 3.63) is 51.4 Å². The van der Waals surface area contributed by atoms with Crippen LogP contribution in [0.25, 0.3) is 21.9 Å². The van der Waals surface area contributed by atoms with Gasteiger partial charge in [0.25, 0.3) is 0 Å². The van der Waals surface area contributed by atoms with Crippen molar-refractivity contribution in [1.29, 1.82) is 0 Å². The van der Waals surface area contributed by atoms with Gasteiger partial charge in [0.15, 0.2) is 5.58 Å². The number of benzene rings is 2. The molecule has 1 heterocycles. The number of rotatable bonds is 0. The summed E-state index contributed by atoms with van der Waals surface area (Å²) < 4.78 is 19.0. The van der Waals surface area contributed by atoms with Crippen LogP contribution in [0.1, 0.15) is 0 Å². The van der Waals surface area contributed by atoms with Crippen molar-refractivity contribution in [2.45, 2.75) is 0 Å². The molecule has 0 atom stereocenters. The summed E-state index contributed by atoms with van der Waals surface area (Å²) in [5, 5.41) is 9.42. The minimum atomic E-state index is -0.646. The maximum Gasteiger partial charge on any atom is 0.203 e. The van der Waals surface area contributed by atoms with Crippen LogP contribution < -0.4 is 5.43 Å². The molecular formula is C13H6ClFO3. The number of phenols is 1. The number of aromatic hydroxyl groups is 1. The van der Waals surface area contributed by atoms with Gasteiger partial charge in [-0.05, 0) is 24.3 Å². The molecule has 0 radical (unpaired) electrons. The maximum absolute atomic E-state index is 13.6. The van der Waals surface area contributed by atoms with Gasteiger partial charge in [-0.3, -0.25) is 4.79 Å². The first-order valence-electron chi connectivity index (χ1n) is 5.12. The number of fused-ring (bicyclic) bond motifs is 2. The highest BCUT2D eigenvalue weighted by Gasteiger charge is 2.15. The van der Waals surface area contributed by atoms with Crippen molar-refractivity contribution in [2.24, 2.45) is 0 Å². The highest BCUT2D eigenvalue weighted by molar-refractivity contribution is 6.36. The van der Waals surface area contributed by atoms with E-state index in [0.717, 1.165) is 0 Å². The van der Waals surface area contributed by atoms with Crippen molar-refractivity contribution >= 4 is 33.5 Å². The van der Waals surface area contributed by atoms with Crippen molar-refractivity contribution in [3.63, 3.8) is 0 Å². The molecule has 0 amide bonds. The summed E-state index contributed by atoms with van der Waals surface area (Å²) in [6, 6.07) is 6.72. The predicted octanol–water partition coefficient (Wildman–Crippen LogP) is 3.44. The van der Waals surface area contributed by atoms with E-state index < -0.39 is 11.2 Å². The van der Waals surface area contributed by atoms with Crippen LogP contribution >= 0.6 is 11.6 Å². The van der Waals surface area contributed by atoms with Gasteiger partial charge in [0.05, 0.1) is 5.39 Å². The van der Waals surface area contributed by atoms with Crippen molar-refractivity contribution in [1.82, 2.24) is 0 Å². The molecule has 1 N–H and O–H groups in total. The molecule has 0 saturated heterocycles. The fourth-order valence-corrected chi connectivity index (χ4v) is 2.08. The number of hydrogen-bond donors (Lipinski definition) is 1. The van der Waals surface area contributed by atoms with Crippen molar-refractivity contribution in [2.75, 3.05) is 0 Å². The first-order valence-corrected chi connectivity index (χ1v) is 5.50. The maximum atomic E-state index is 13.6. The van der Waals surface area contributed by atoms with Gasteiger partial charge in [0.1, 0.15) is 27.6 Å². The van der Waals surface area contributed by atoms with Crippen LogP contribution in [0.15, 0.2) is 39.5 Å². The molecular weight excluding hydrogens is 259 g/mol. The summed E-state index contributed by atoms with van der Waals surface area (Å²) in [6.45, 7) is 0. The Balaban J connectivity index is 2.66. The van der Waals surface area contributed by atoms with Crippen LogP contribution in [0, 0.1) is 5.82 Å². The molecule has 0 aliphatic heterocycles. The molecule has 0 unspecified atom stereocenters. The molecule has 0 fully saturated rings. The Hall–Kier alpha value is -2.07. The van der Waals surface area contributed by atoms with E-state index in [1.165, 1.54) is 30.3 Å². The van der Waals surface area contributed by atoms with Gasteiger partial charge >= 0.3 is 0 Å². The van der Waals surface area contributed by atoms with Crippen LogP contribution in [0.4, 0.5) is 4.39 Å². The summed E-state index contributed by atoms with van der Waals surface area (Å²) in [5.41, 5.74) is -0.356. The molecule has 3 rings (SSSR count). The van der Waals surface area contributed by atoms with Crippen LogP contribution in [-0.4, -0.2) is 5.11 Å². The second-order valence-corrected chi connectivity index (χ2v) is 4.20. The molecule has 18 heavy (non-hydrogen) atoms. The molecule has 0 aliphatic carbocycles. The SMILES string of the molecule is O=c1c2ccc(O)c(Cl)c2oc2cccc(F)c12. The molecule has 0 bridgehead atoms. The summed E-state index contributed by atoms with van der Waals surface area (Å²) in [6.07, 6.45) is 0. The number of phenolic OH excluding ortho intramolecular Hbond substituents is 1. The van der Waals surface area contributed by atoms with Gasteiger partial charge in [-0.15, -0.1) is 0 Å². The van der Waals surface area contributed by atoms with E-state index in [4.69, 9.17) is 16.0 Å². The molecule has 90 valence electrons. The quantitative estimate of drug-likeness (QED) is 0.633. The molecule has 5 heteroatoms. The van der Waals surface area contributed by atoms with Crippen LogP contribution in [0.3, 0.4) is 0 Å². The average Bonchev–Trinajstić information content (AvgIpc) is 2.34. The summed E-state index contributed by atoms with van der Waals surface area (Å²) in [5.74, 6) is -0.838. The highest BCUT2D eigenvalue weighted by Crippen LogP contribution is 2.32. The first kappa shape index (κ1) is 11.0. The Morgan fingerprint density at radius 2 is 2.00 bits per heavy atom. The zero-order chi connectivity index (χ0) is 12.9. The first-order chi connectivity index (χ1) is 8.59. The normalized spacial score (nSPS) is 11.2. The van der Waals surface area contributed by atoms with Crippen LogP contribution in [0.2, 0.25) is 5.02 Å². The highest BCUT2D eigenvalue weighted by atomic mass is 35.5. The second-order valence-electron chi connectivity index (χ2n) is 3.82. The zero-order valence-electron chi connectivity index (χ0n) is 8.91. The standard InChI is InChI=1S/C13H6ClFO3/c14-11-8(16)5-4-6-12(17)10-7(15)2-1-3-9(10)18-13(6)11/h1-5,16H. The van der Waals surface area contributed by atoms with Gasteiger partial charge < -0.3 is 9.52 Å². The van der Waals surface area contributed by atoms with Crippen molar-refractivity contribution in [3.8, 4) is 5.75 Å². The van der Waals surface area contributed by atoms with Crippen molar-refractivity contribution < 1.29 is 13.9 Å². The molecule has 3 nitrogen and oxygen atoms in total. The van der Waals surface area contributed by atoms with Gasteiger partial charge in [-0.1, -0.05) is 17.7 Å². The fourth-order valence-electron chi connectivity index (χ4n) is 1.88. The lowest BCUT2D eigenvalue weighted by molar-refractivity contribution is 0.475. The Kier molecular flexibility index (Phi) is 2.28. The van der Waals surface area contributed by atoms with Crippen LogP contribution in [-0.2, 0) is 0 Å². The minimum absolute atomic E-state index is 0.0553. The third kappa shape index (κ3) is 1.39. The van der Waals surface area contributed by atoms with E-state index in [-0.39, 0.29) is 32.7 Å². The van der Waals surface area contributed by atoms with Gasteiger partial charge in [-0.2, -0.15) is 0 Å². The molecule has 0 saturated carbocycles. The molecule has 0 aliphatic rings. The van der Waals surface area contributed by atoms with Gasteiger partial charge in [-0.25, -0.2) is 4.39 Å². The molecule has 0 spiro atoms. The lowest BCUT2D eigenvalue weighted by Crippen LogP contribution is -2.04. The minimum Gasteiger partial charge on any atom is -0.506 e. The summed E-state index contributed by atoms with van der Waals surface area (Å²) >= 11 is 5.86. The Bertz CT molecular complexity index is 839. The monoisotopic (exact) mass is 264 g/mol. The third-order valence-electron chi connectivity index (χ3n) is 2.74. The lowest BCUT2D eigenvalue weighted by atomic mass is 10.1. The average molecular weight is 265 g/mol. The van der Waals surface area contributed by atoms with E-state index in [1.54, 1.807) is 0 Å². The van der Waals surface area contributed by atoms with E-state index in [0.29, 0.717) is 0 Å².